The van der Waals surface area contributed by atoms with Crippen LogP contribution in [0.3, 0.4) is 0 Å². The number of amides is 3. The van der Waals surface area contributed by atoms with Crippen LogP contribution >= 0.6 is 0 Å². The minimum atomic E-state index is -1.52. The summed E-state index contributed by atoms with van der Waals surface area (Å²) < 4.78 is 0. The summed E-state index contributed by atoms with van der Waals surface area (Å²) >= 11 is 0. The molecule has 0 spiro atoms. The Morgan fingerprint density at radius 1 is 0.917 bits per heavy atom. The van der Waals surface area contributed by atoms with Crippen molar-refractivity contribution in [2.75, 3.05) is 14.1 Å². The van der Waals surface area contributed by atoms with Crippen molar-refractivity contribution in [3.63, 3.8) is 0 Å². The lowest BCUT2D eigenvalue weighted by Crippen LogP contribution is -2.54. The molecule has 4 N–H and O–H groups in total. The zero-order chi connectivity index (χ0) is 25.9. The van der Waals surface area contributed by atoms with Crippen LogP contribution in [0, 0.1) is 11.8 Å². The molecule has 0 saturated heterocycles. The second kappa shape index (κ2) is 12.8. The van der Waals surface area contributed by atoms with Gasteiger partial charge in [-0.25, -0.2) is 15.4 Å². The molecule has 1 atom stereocenters. The number of hydrogen-bond donors (Lipinski definition) is 4. The molecule has 0 saturated carbocycles. The Balaban J connectivity index is 1.59. The van der Waals surface area contributed by atoms with Crippen molar-refractivity contribution in [2.24, 2.45) is 0 Å². The van der Waals surface area contributed by atoms with Gasteiger partial charge >= 0.3 is 0 Å². The molecule has 10 heteroatoms. The van der Waals surface area contributed by atoms with Crippen molar-refractivity contribution in [1.29, 1.82) is 0 Å². The molecule has 1 heterocycles. The highest BCUT2D eigenvalue weighted by molar-refractivity contribution is 6.08. The Kier molecular flexibility index (Phi) is 9.22. The number of likely N-dealkylation sites (N-methyl/N-ethyl adjacent to an activating group) is 2. The molecule has 0 radical (unpaired) electrons. The number of nitrogens with one attached hydrogen (secondary N) is 3. The molecule has 3 aromatic rings. The number of hydrogen-bond acceptors (Lipinski definition) is 7. The first-order chi connectivity index (χ1) is 17.4. The van der Waals surface area contributed by atoms with Gasteiger partial charge in [0.25, 0.3) is 17.7 Å². The van der Waals surface area contributed by atoms with Crippen LogP contribution in [0.4, 0.5) is 0 Å². The van der Waals surface area contributed by atoms with Gasteiger partial charge in [-0.05, 0) is 48.0 Å². The standard InChI is InChI=1S/C26H26N6O4/c1-27-24(33)23(25(34)31-36)32(2)26(35)21-12-10-19(11-13-21)5-4-18-6-8-20(9-7-18)16-28-17-22-29-14-3-15-30-22/h3,6-15,23,28,36H,16-17H2,1-2H3,(H,27,33)(H,31,34). The summed E-state index contributed by atoms with van der Waals surface area (Å²) in [6, 6.07) is 14.6. The predicted molar refractivity (Wildman–Crippen MR) is 131 cm³/mol. The Bertz CT molecular complexity index is 1240. The van der Waals surface area contributed by atoms with Gasteiger partial charge in [0.05, 0.1) is 6.54 Å². The third-order valence-electron chi connectivity index (χ3n) is 5.23. The first-order valence-corrected chi connectivity index (χ1v) is 11.0. The molecule has 1 aromatic heterocycles. The number of carbonyl (C=O) groups excluding carboxylic acids is 3. The van der Waals surface area contributed by atoms with Crippen LogP contribution in [0.5, 0.6) is 0 Å². The summed E-state index contributed by atoms with van der Waals surface area (Å²) in [5, 5.41) is 14.5. The Hall–Kier alpha value is -4.59. The van der Waals surface area contributed by atoms with Crippen molar-refractivity contribution < 1.29 is 19.6 Å². The van der Waals surface area contributed by atoms with E-state index in [1.54, 1.807) is 42.7 Å². The van der Waals surface area contributed by atoms with E-state index < -0.39 is 23.8 Å². The third-order valence-corrected chi connectivity index (χ3v) is 5.23. The molecule has 0 aliphatic heterocycles. The molecular formula is C26H26N6O4. The van der Waals surface area contributed by atoms with E-state index >= 15 is 0 Å². The molecule has 3 rings (SSSR count). The first-order valence-electron chi connectivity index (χ1n) is 11.0. The maximum Gasteiger partial charge on any atom is 0.275 e. The van der Waals surface area contributed by atoms with Crippen molar-refractivity contribution in [3.05, 3.63) is 95.1 Å². The molecule has 0 fully saturated rings. The molecule has 0 bridgehead atoms. The van der Waals surface area contributed by atoms with Crippen LogP contribution < -0.4 is 16.1 Å². The SMILES string of the molecule is CNC(=O)C(C(=O)NO)N(C)C(=O)c1ccc(C#Cc2ccc(CNCc3ncccn3)cc2)cc1. The van der Waals surface area contributed by atoms with Gasteiger partial charge in [0.2, 0.25) is 0 Å². The van der Waals surface area contributed by atoms with E-state index in [-0.39, 0.29) is 5.56 Å². The topological polar surface area (TPSA) is 137 Å². The molecule has 184 valence electrons. The Morgan fingerprint density at radius 3 is 2.06 bits per heavy atom. The largest absolute Gasteiger partial charge is 0.357 e. The lowest BCUT2D eigenvalue weighted by atomic mass is 10.1. The summed E-state index contributed by atoms with van der Waals surface area (Å²) in [5.74, 6) is 4.57. The van der Waals surface area contributed by atoms with Gasteiger partial charge in [0.1, 0.15) is 5.82 Å². The van der Waals surface area contributed by atoms with E-state index in [0.717, 1.165) is 21.9 Å². The summed E-state index contributed by atoms with van der Waals surface area (Å²) in [5.41, 5.74) is 4.31. The lowest BCUT2D eigenvalue weighted by molar-refractivity contribution is -0.140. The number of carbonyl (C=O) groups is 3. The monoisotopic (exact) mass is 486 g/mol. The normalized spacial score (nSPS) is 11.0. The Labute approximate surface area is 208 Å². The molecule has 3 amide bonds. The average molecular weight is 487 g/mol. The van der Waals surface area contributed by atoms with Gasteiger partial charge in [0, 0.05) is 49.7 Å². The fraction of sp³-hybridized carbons (Fsp3) is 0.192. The Morgan fingerprint density at radius 2 is 1.50 bits per heavy atom. The lowest BCUT2D eigenvalue weighted by Gasteiger charge is -2.25. The molecule has 2 aromatic carbocycles. The van der Waals surface area contributed by atoms with Gasteiger partial charge in [-0.3, -0.25) is 19.6 Å². The summed E-state index contributed by atoms with van der Waals surface area (Å²) in [4.78, 5) is 45.9. The van der Waals surface area contributed by atoms with Gasteiger partial charge in [-0.1, -0.05) is 24.0 Å². The highest BCUT2D eigenvalue weighted by Gasteiger charge is 2.33. The van der Waals surface area contributed by atoms with Crippen LogP contribution in [0.25, 0.3) is 0 Å². The molecule has 36 heavy (non-hydrogen) atoms. The van der Waals surface area contributed by atoms with Crippen LogP contribution in [-0.4, -0.2) is 57.9 Å². The van der Waals surface area contributed by atoms with Crippen LogP contribution in [0.1, 0.15) is 32.9 Å². The van der Waals surface area contributed by atoms with Crippen molar-refractivity contribution in [1.82, 2.24) is 31.0 Å². The number of hydroxylamine groups is 1. The van der Waals surface area contributed by atoms with Gasteiger partial charge in [-0.15, -0.1) is 0 Å². The highest BCUT2D eigenvalue weighted by atomic mass is 16.5. The van der Waals surface area contributed by atoms with Crippen molar-refractivity contribution in [3.8, 4) is 11.8 Å². The number of benzene rings is 2. The quantitative estimate of drug-likeness (QED) is 0.160. The molecule has 10 nitrogen and oxygen atoms in total. The minimum absolute atomic E-state index is 0.264. The molecule has 1 unspecified atom stereocenters. The van der Waals surface area contributed by atoms with Crippen LogP contribution in [-0.2, 0) is 22.7 Å². The smallest absolute Gasteiger partial charge is 0.275 e. The van der Waals surface area contributed by atoms with E-state index in [1.807, 2.05) is 24.3 Å². The first kappa shape index (κ1) is 26.0. The van der Waals surface area contributed by atoms with Gasteiger partial charge in [-0.2, -0.15) is 0 Å². The summed E-state index contributed by atoms with van der Waals surface area (Å²) in [6.45, 7) is 1.26. The zero-order valence-electron chi connectivity index (χ0n) is 19.9. The number of rotatable bonds is 8. The zero-order valence-corrected chi connectivity index (χ0v) is 19.9. The van der Waals surface area contributed by atoms with Crippen LogP contribution in [0.15, 0.2) is 67.0 Å². The van der Waals surface area contributed by atoms with Crippen LogP contribution in [0.2, 0.25) is 0 Å². The summed E-state index contributed by atoms with van der Waals surface area (Å²) in [6.07, 6.45) is 3.42. The number of aromatic nitrogens is 2. The molecular weight excluding hydrogens is 460 g/mol. The number of nitrogens with zero attached hydrogens (tertiary/aromatic N) is 3. The average Bonchev–Trinajstić information content (AvgIpc) is 2.92. The van der Waals surface area contributed by atoms with E-state index in [4.69, 9.17) is 5.21 Å². The molecule has 0 aliphatic carbocycles. The van der Waals surface area contributed by atoms with Gasteiger partial charge < -0.3 is 15.5 Å². The van der Waals surface area contributed by atoms with E-state index in [9.17, 15) is 14.4 Å². The van der Waals surface area contributed by atoms with Gasteiger partial charge in [0.15, 0.2) is 6.04 Å². The maximum absolute atomic E-state index is 12.7. The second-order valence-electron chi connectivity index (χ2n) is 7.70. The maximum atomic E-state index is 12.7. The fourth-order valence-corrected chi connectivity index (χ4v) is 3.28. The fourth-order valence-electron chi connectivity index (χ4n) is 3.28. The predicted octanol–water partition coefficient (Wildman–Crippen LogP) is 0.858. The minimum Gasteiger partial charge on any atom is -0.357 e. The van der Waals surface area contributed by atoms with E-state index in [1.165, 1.54) is 19.6 Å². The van der Waals surface area contributed by atoms with E-state index in [2.05, 4.69) is 32.4 Å². The third kappa shape index (κ3) is 6.96. The van der Waals surface area contributed by atoms with Crippen molar-refractivity contribution in [2.45, 2.75) is 19.1 Å². The second-order valence-corrected chi connectivity index (χ2v) is 7.70. The van der Waals surface area contributed by atoms with E-state index in [0.29, 0.717) is 18.7 Å². The summed E-state index contributed by atoms with van der Waals surface area (Å²) in [7, 11) is 2.64. The highest BCUT2D eigenvalue weighted by Crippen LogP contribution is 2.10. The van der Waals surface area contributed by atoms with Crippen molar-refractivity contribution >= 4 is 17.7 Å². The molecule has 0 aliphatic rings.